The molecule has 0 radical (unpaired) electrons. The number of rotatable bonds is 9. The Hall–Kier alpha value is -3.39. The van der Waals surface area contributed by atoms with Gasteiger partial charge in [-0.25, -0.2) is 8.78 Å². The van der Waals surface area contributed by atoms with E-state index < -0.39 is 6.04 Å². The third-order valence-electron chi connectivity index (χ3n) is 4.92. The molecule has 5 nitrogen and oxygen atoms in total. The van der Waals surface area contributed by atoms with Crippen molar-refractivity contribution in [1.29, 1.82) is 0 Å². The Labute approximate surface area is 188 Å². The van der Waals surface area contributed by atoms with Crippen LogP contribution in [0.25, 0.3) is 10.7 Å². The molecule has 4 aromatic rings. The maximum Gasteiger partial charge on any atom is 0.226 e. The third-order valence-corrected chi connectivity index (χ3v) is 5.79. The Morgan fingerprint density at radius 2 is 1.88 bits per heavy atom. The molecule has 8 heteroatoms. The fraction of sp³-hybridized carbons (Fsp3) is 0.208. The number of aromatic nitrogens is 2. The average Bonchev–Trinajstić information content (AvgIpc) is 3.45. The number of carbonyl (C=O) groups is 1. The van der Waals surface area contributed by atoms with Gasteiger partial charge in [-0.1, -0.05) is 35.5 Å². The number of nitrogens with one attached hydrogen (secondary N) is 1. The Balaban J connectivity index is 1.36. The van der Waals surface area contributed by atoms with Crippen LogP contribution in [0.5, 0.6) is 0 Å². The Morgan fingerprint density at radius 3 is 2.62 bits per heavy atom. The van der Waals surface area contributed by atoms with Crippen molar-refractivity contribution in [3.8, 4) is 10.7 Å². The highest BCUT2D eigenvalue weighted by molar-refractivity contribution is 7.13. The van der Waals surface area contributed by atoms with Gasteiger partial charge in [0.05, 0.1) is 10.9 Å². The molecule has 4 rings (SSSR count). The van der Waals surface area contributed by atoms with Crippen molar-refractivity contribution in [2.75, 3.05) is 0 Å². The lowest BCUT2D eigenvalue weighted by Gasteiger charge is -2.20. The van der Waals surface area contributed by atoms with E-state index in [-0.39, 0.29) is 24.0 Å². The Bertz CT molecular complexity index is 1180. The van der Waals surface area contributed by atoms with Crippen molar-refractivity contribution in [3.63, 3.8) is 0 Å². The number of hydrogen-bond donors (Lipinski definition) is 1. The lowest BCUT2D eigenvalue weighted by molar-refractivity contribution is -0.121. The molecule has 0 spiro atoms. The predicted octanol–water partition coefficient (Wildman–Crippen LogP) is 5.50. The minimum absolute atomic E-state index is 0.186. The molecule has 0 fully saturated rings. The zero-order chi connectivity index (χ0) is 22.3. The van der Waals surface area contributed by atoms with Gasteiger partial charge in [0.2, 0.25) is 17.6 Å². The van der Waals surface area contributed by atoms with Crippen LogP contribution >= 0.6 is 11.3 Å². The zero-order valence-electron chi connectivity index (χ0n) is 17.1. The quantitative estimate of drug-likeness (QED) is 0.363. The minimum Gasteiger partial charge on any atom is -0.349 e. The number of thiophene rings is 1. The van der Waals surface area contributed by atoms with E-state index in [0.29, 0.717) is 42.1 Å². The molecule has 0 saturated carbocycles. The van der Waals surface area contributed by atoms with Gasteiger partial charge in [-0.15, -0.1) is 11.3 Å². The highest BCUT2D eigenvalue weighted by Gasteiger charge is 2.17. The maximum absolute atomic E-state index is 13.8. The summed E-state index contributed by atoms with van der Waals surface area (Å²) in [7, 11) is 0. The molecule has 1 amide bonds. The molecule has 1 N–H and O–H groups in total. The van der Waals surface area contributed by atoms with Crippen molar-refractivity contribution in [2.24, 2.45) is 0 Å². The molecule has 2 heterocycles. The van der Waals surface area contributed by atoms with E-state index in [1.807, 2.05) is 17.5 Å². The summed E-state index contributed by atoms with van der Waals surface area (Å²) in [5.74, 6) is 0.0873. The van der Waals surface area contributed by atoms with Crippen molar-refractivity contribution < 1.29 is 18.1 Å². The lowest BCUT2D eigenvalue weighted by Crippen LogP contribution is -2.30. The van der Waals surface area contributed by atoms with E-state index in [1.54, 1.807) is 24.3 Å². The van der Waals surface area contributed by atoms with Gasteiger partial charge in [-0.3, -0.25) is 4.79 Å². The van der Waals surface area contributed by atoms with Crippen LogP contribution in [0.3, 0.4) is 0 Å². The largest absolute Gasteiger partial charge is 0.349 e. The first kappa shape index (κ1) is 21.8. The summed E-state index contributed by atoms with van der Waals surface area (Å²) in [6, 6.07) is 15.6. The fourth-order valence-corrected chi connectivity index (χ4v) is 4.05. The summed E-state index contributed by atoms with van der Waals surface area (Å²) in [6.45, 7) is 0. The Kier molecular flexibility index (Phi) is 7.01. The molecule has 164 valence electrons. The number of amides is 1. The van der Waals surface area contributed by atoms with Crippen molar-refractivity contribution in [1.82, 2.24) is 15.5 Å². The molecule has 0 saturated heterocycles. The van der Waals surface area contributed by atoms with E-state index in [1.165, 1.54) is 35.6 Å². The summed E-state index contributed by atoms with van der Waals surface area (Å²) in [4.78, 5) is 17.9. The van der Waals surface area contributed by atoms with Gasteiger partial charge in [0, 0.05) is 12.8 Å². The number of aryl methyl sites for hydroxylation is 1. The highest BCUT2D eigenvalue weighted by Crippen LogP contribution is 2.22. The first-order chi connectivity index (χ1) is 15.6. The topological polar surface area (TPSA) is 68.0 Å². The monoisotopic (exact) mass is 453 g/mol. The standard InChI is InChI=1S/C24H21F2N3O2S/c25-18-7-1-5-16(13-18)14-20(17-6-2-8-19(26)15-17)27-22(30)10-3-11-23-28-24(29-31-23)21-9-4-12-32-21/h1-2,4-9,12-13,15,20H,3,10-11,14H2,(H,27,30). The van der Waals surface area contributed by atoms with Gasteiger partial charge in [0.15, 0.2) is 0 Å². The second kappa shape index (κ2) is 10.3. The van der Waals surface area contributed by atoms with Crippen LogP contribution in [0, 0.1) is 11.6 Å². The van der Waals surface area contributed by atoms with E-state index in [4.69, 9.17) is 4.52 Å². The van der Waals surface area contributed by atoms with Gasteiger partial charge >= 0.3 is 0 Å². The number of benzene rings is 2. The first-order valence-corrected chi connectivity index (χ1v) is 11.1. The van der Waals surface area contributed by atoms with E-state index in [2.05, 4.69) is 15.5 Å². The second-order valence-electron chi connectivity index (χ2n) is 7.35. The van der Waals surface area contributed by atoms with Gasteiger partial charge < -0.3 is 9.84 Å². The van der Waals surface area contributed by atoms with Crippen molar-refractivity contribution in [3.05, 3.63) is 94.7 Å². The van der Waals surface area contributed by atoms with E-state index >= 15 is 0 Å². The molecule has 1 unspecified atom stereocenters. The van der Waals surface area contributed by atoms with Crippen LogP contribution in [-0.4, -0.2) is 16.0 Å². The number of carbonyl (C=O) groups excluding carboxylic acids is 1. The smallest absolute Gasteiger partial charge is 0.226 e. The lowest BCUT2D eigenvalue weighted by atomic mass is 9.98. The van der Waals surface area contributed by atoms with Crippen LogP contribution in [-0.2, 0) is 17.6 Å². The Morgan fingerprint density at radius 1 is 1.06 bits per heavy atom. The molecule has 0 aliphatic rings. The van der Waals surface area contributed by atoms with E-state index in [9.17, 15) is 13.6 Å². The van der Waals surface area contributed by atoms with Crippen LogP contribution in [0.2, 0.25) is 0 Å². The highest BCUT2D eigenvalue weighted by atomic mass is 32.1. The maximum atomic E-state index is 13.8. The summed E-state index contributed by atoms with van der Waals surface area (Å²) in [6.07, 6.45) is 1.58. The van der Waals surface area contributed by atoms with Crippen LogP contribution in [0.15, 0.2) is 70.6 Å². The van der Waals surface area contributed by atoms with Gasteiger partial charge in [-0.05, 0) is 59.7 Å². The van der Waals surface area contributed by atoms with Crippen molar-refractivity contribution >= 4 is 17.2 Å². The average molecular weight is 454 g/mol. The third kappa shape index (κ3) is 5.85. The van der Waals surface area contributed by atoms with Gasteiger partial charge in [-0.2, -0.15) is 4.98 Å². The number of nitrogens with zero attached hydrogens (tertiary/aromatic N) is 2. The van der Waals surface area contributed by atoms with Crippen molar-refractivity contribution in [2.45, 2.75) is 31.7 Å². The number of halogens is 2. The molecular formula is C24H21F2N3O2S. The molecule has 0 aliphatic carbocycles. The minimum atomic E-state index is -0.478. The summed E-state index contributed by atoms with van der Waals surface area (Å²) < 4.78 is 32.6. The second-order valence-corrected chi connectivity index (χ2v) is 8.30. The molecular weight excluding hydrogens is 432 g/mol. The van der Waals surface area contributed by atoms with Crippen LogP contribution in [0.1, 0.15) is 35.9 Å². The normalized spacial score (nSPS) is 11.9. The molecule has 2 aromatic carbocycles. The van der Waals surface area contributed by atoms with E-state index in [0.717, 1.165) is 4.88 Å². The van der Waals surface area contributed by atoms with Crippen LogP contribution < -0.4 is 5.32 Å². The van der Waals surface area contributed by atoms with Gasteiger partial charge in [0.1, 0.15) is 11.6 Å². The zero-order valence-corrected chi connectivity index (χ0v) is 17.9. The van der Waals surface area contributed by atoms with Crippen LogP contribution in [0.4, 0.5) is 8.78 Å². The molecule has 0 aliphatic heterocycles. The molecule has 32 heavy (non-hydrogen) atoms. The fourth-order valence-electron chi connectivity index (χ4n) is 3.40. The summed E-state index contributed by atoms with van der Waals surface area (Å²) in [5.41, 5.74) is 1.34. The summed E-state index contributed by atoms with van der Waals surface area (Å²) in [5, 5.41) is 8.85. The molecule has 1 atom stereocenters. The van der Waals surface area contributed by atoms with Gasteiger partial charge in [0.25, 0.3) is 0 Å². The number of hydrogen-bond acceptors (Lipinski definition) is 5. The molecule has 2 aromatic heterocycles. The molecule has 0 bridgehead atoms. The SMILES string of the molecule is O=C(CCCc1nc(-c2cccs2)no1)NC(Cc1cccc(F)c1)c1cccc(F)c1. The predicted molar refractivity (Wildman–Crippen MR) is 118 cm³/mol. The summed E-state index contributed by atoms with van der Waals surface area (Å²) >= 11 is 1.53. The first-order valence-electron chi connectivity index (χ1n) is 10.2.